The molecule has 28 heavy (non-hydrogen) atoms. The number of carbonyl (C=O) groups is 2. The summed E-state index contributed by atoms with van der Waals surface area (Å²) in [5.74, 6) is -1.11. The van der Waals surface area contributed by atoms with Crippen molar-refractivity contribution >= 4 is 22.9 Å². The molecule has 3 rings (SSSR count). The molecule has 0 aliphatic heterocycles. The second kappa shape index (κ2) is 8.16. The Bertz CT molecular complexity index is 1030. The standard InChI is InChI=1S/C20H21FN4O3/c1-4-9-22-17(26)11-25(3)20(27)14-10-16(13-7-5-6-8-15(13)21)23-19-18(14)12(2)24-28-19/h5-8,10H,4,9,11H2,1-3H3,(H,22,26). The zero-order valence-electron chi connectivity index (χ0n) is 16.0. The van der Waals surface area contributed by atoms with Gasteiger partial charge in [0.2, 0.25) is 5.91 Å². The first-order valence-corrected chi connectivity index (χ1v) is 8.96. The molecule has 0 aliphatic carbocycles. The van der Waals surface area contributed by atoms with Crippen LogP contribution in [0.1, 0.15) is 29.4 Å². The molecule has 0 unspecified atom stereocenters. The van der Waals surface area contributed by atoms with E-state index in [0.29, 0.717) is 17.6 Å². The van der Waals surface area contributed by atoms with E-state index in [1.165, 1.54) is 24.1 Å². The summed E-state index contributed by atoms with van der Waals surface area (Å²) in [6, 6.07) is 7.65. The quantitative estimate of drug-likeness (QED) is 0.706. The van der Waals surface area contributed by atoms with Gasteiger partial charge in [0.25, 0.3) is 11.6 Å². The first kappa shape index (κ1) is 19.5. The normalized spacial score (nSPS) is 10.9. The van der Waals surface area contributed by atoms with E-state index < -0.39 is 11.7 Å². The summed E-state index contributed by atoms with van der Waals surface area (Å²) in [6.45, 7) is 4.09. The van der Waals surface area contributed by atoms with Crippen LogP contribution in [-0.4, -0.2) is 47.0 Å². The minimum atomic E-state index is -0.462. The van der Waals surface area contributed by atoms with E-state index in [4.69, 9.17) is 4.52 Å². The van der Waals surface area contributed by atoms with Crippen molar-refractivity contribution in [1.29, 1.82) is 0 Å². The minimum absolute atomic E-state index is 0.0952. The van der Waals surface area contributed by atoms with E-state index in [1.807, 2.05) is 6.92 Å². The predicted octanol–water partition coefficient (Wildman–Crippen LogP) is 2.94. The van der Waals surface area contributed by atoms with Gasteiger partial charge in [0, 0.05) is 19.2 Å². The molecule has 0 saturated heterocycles. The SMILES string of the molecule is CCCNC(=O)CN(C)C(=O)c1cc(-c2ccccc2F)nc2onc(C)c12. The largest absolute Gasteiger partial charge is 0.355 e. The van der Waals surface area contributed by atoms with E-state index >= 15 is 0 Å². The lowest BCUT2D eigenvalue weighted by molar-refractivity contribution is -0.121. The zero-order chi connectivity index (χ0) is 20.3. The number of benzene rings is 1. The molecule has 0 aliphatic rings. The Kier molecular flexibility index (Phi) is 5.67. The van der Waals surface area contributed by atoms with Gasteiger partial charge in [-0.3, -0.25) is 9.59 Å². The third-order valence-corrected chi connectivity index (χ3v) is 4.30. The fourth-order valence-corrected chi connectivity index (χ4v) is 2.88. The molecule has 0 fully saturated rings. The lowest BCUT2D eigenvalue weighted by Crippen LogP contribution is -2.38. The summed E-state index contributed by atoms with van der Waals surface area (Å²) in [4.78, 5) is 30.6. The maximum absolute atomic E-state index is 14.2. The fraction of sp³-hybridized carbons (Fsp3) is 0.300. The van der Waals surface area contributed by atoms with Crippen molar-refractivity contribution in [3.63, 3.8) is 0 Å². The highest BCUT2D eigenvalue weighted by Gasteiger charge is 2.23. The van der Waals surface area contributed by atoms with E-state index in [0.717, 1.165) is 6.42 Å². The molecule has 2 heterocycles. The summed E-state index contributed by atoms with van der Waals surface area (Å²) in [6.07, 6.45) is 0.806. The number of amides is 2. The fourth-order valence-electron chi connectivity index (χ4n) is 2.88. The molecule has 2 aromatic heterocycles. The molecular formula is C20H21FN4O3. The zero-order valence-corrected chi connectivity index (χ0v) is 16.0. The number of hydrogen-bond acceptors (Lipinski definition) is 5. The van der Waals surface area contributed by atoms with Crippen LogP contribution < -0.4 is 5.32 Å². The van der Waals surface area contributed by atoms with Crippen molar-refractivity contribution in [2.24, 2.45) is 0 Å². The van der Waals surface area contributed by atoms with E-state index in [-0.39, 0.29) is 35.0 Å². The number of rotatable bonds is 6. The number of fused-ring (bicyclic) bond motifs is 1. The Morgan fingerprint density at radius 3 is 2.75 bits per heavy atom. The highest BCUT2D eigenvalue weighted by atomic mass is 19.1. The van der Waals surface area contributed by atoms with Gasteiger partial charge in [-0.25, -0.2) is 9.37 Å². The minimum Gasteiger partial charge on any atom is -0.355 e. The number of aryl methyl sites for hydroxylation is 1. The van der Waals surface area contributed by atoms with E-state index in [2.05, 4.69) is 15.5 Å². The first-order valence-electron chi connectivity index (χ1n) is 8.96. The second-order valence-electron chi connectivity index (χ2n) is 6.49. The van der Waals surface area contributed by atoms with Gasteiger partial charge in [-0.05, 0) is 31.5 Å². The predicted molar refractivity (Wildman–Crippen MR) is 102 cm³/mol. The molecule has 0 spiro atoms. The Hall–Kier alpha value is -3.29. The molecule has 1 N–H and O–H groups in total. The van der Waals surface area contributed by atoms with Crippen molar-refractivity contribution in [2.45, 2.75) is 20.3 Å². The van der Waals surface area contributed by atoms with Crippen LogP contribution in [0, 0.1) is 12.7 Å². The van der Waals surface area contributed by atoms with Crippen LogP contribution in [0.5, 0.6) is 0 Å². The number of carbonyl (C=O) groups excluding carboxylic acids is 2. The van der Waals surface area contributed by atoms with E-state index in [9.17, 15) is 14.0 Å². The Balaban J connectivity index is 2.01. The van der Waals surface area contributed by atoms with Gasteiger partial charge in [-0.1, -0.05) is 24.2 Å². The average molecular weight is 384 g/mol. The average Bonchev–Trinajstić information content (AvgIpc) is 3.06. The second-order valence-corrected chi connectivity index (χ2v) is 6.49. The molecule has 1 aromatic carbocycles. The van der Waals surface area contributed by atoms with Gasteiger partial charge in [-0.15, -0.1) is 0 Å². The number of halogens is 1. The lowest BCUT2D eigenvalue weighted by Gasteiger charge is -2.17. The third-order valence-electron chi connectivity index (χ3n) is 4.30. The molecule has 8 heteroatoms. The molecule has 2 amide bonds. The monoisotopic (exact) mass is 384 g/mol. The van der Waals surface area contributed by atoms with Crippen LogP contribution in [-0.2, 0) is 4.79 Å². The van der Waals surface area contributed by atoms with E-state index in [1.54, 1.807) is 25.1 Å². The molecule has 7 nitrogen and oxygen atoms in total. The molecule has 3 aromatic rings. The van der Waals surface area contributed by atoms with Crippen LogP contribution in [0.4, 0.5) is 4.39 Å². The van der Waals surface area contributed by atoms with Gasteiger partial charge in [-0.2, -0.15) is 0 Å². The van der Waals surface area contributed by atoms with Gasteiger partial charge < -0.3 is 14.7 Å². The van der Waals surface area contributed by atoms with Crippen molar-refractivity contribution in [3.05, 3.63) is 47.4 Å². The van der Waals surface area contributed by atoms with Crippen molar-refractivity contribution in [1.82, 2.24) is 20.4 Å². The van der Waals surface area contributed by atoms with Crippen LogP contribution >= 0.6 is 0 Å². The number of nitrogens with one attached hydrogen (secondary N) is 1. The third kappa shape index (κ3) is 3.85. The maximum Gasteiger partial charge on any atom is 0.259 e. The summed E-state index contributed by atoms with van der Waals surface area (Å²) >= 11 is 0. The molecule has 0 bridgehead atoms. The molecule has 146 valence electrons. The van der Waals surface area contributed by atoms with Gasteiger partial charge in [0.05, 0.1) is 28.9 Å². The van der Waals surface area contributed by atoms with Gasteiger partial charge in [0.15, 0.2) is 0 Å². The van der Waals surface area contributed by atoms with Crippen molar-refractivity contribution in [2.75, 3.05) is 20.1 Å². The maximum atomic E-state index is 14.2. The summed E-state index contributed by atoms with van der Waals surface area (Å²) in [5, 5.41) is 7.06. The van der Waals surface area contributed by atoms with Crippen molar-refractivity contribution in [3.8, 4) is 11.3 Å². The lowest BCUT2D eigenvalue weighted by atomic mass is 10.0. The highest BCUT2D eigenvalue weighted by Crippen LogP contribution is 2.29. The number of hydrogen-bond donors (Lipinski definition) is 1. The summed E-state index contributed by atoms with van der Waals surface area (Å²) in [7, 11) is 1.53. The van der Waals surface area contributed by atoms with Crippen LogP contribution in [0.25, 0.3) is 22.4 Å². The number of aromatic nitrogens is 2. The molecule has 0 radical (unpaired) electrons. The smallest absolute Gasteiger partial charge is 0.259 e. The number of pyridine rings is 1. The van der Waals surface area contributed by atoms with Gasteiger partial charge in [0.1, 0.15) is 5.82 Å². The summed E-state index contributed by atoms with van der Waals surface area (Å²) < 4.78 is 19.4. The first-order chi connectivity index (χ1) is 13.4. The molecular weight excluding hydrogens is 363 g/mol. The Labute approximate surface area is 161 Å². The van der Waals surface area contributed by atoms with Crippen LogP contribution in [0.2, 0.25) is 0 Å². The van der Waals surface area contributed by atoms with Crippen LogP contribution in [0.15, 0.2) is 34.9 Å². The number of likely N-dealkylation sites (N-methyl/N-ethyl adjacent to an activating group) is 1. The Morgan fingerprint density at radius 2 is 2.04 bits per heavy atom. The molecule has 0 atom stereocenters. The highest BCUT2D eigenvalue weighted by molar-refractivity contribution is 6.07. The Morgan fingerprint density at radius 1 is 1.29 bits per heavy atom. The topological polar surface area (TPSA) is 88.3 Å². The van der Waals surface area contributed by atoms with Crippen LogP contribution in [0.3, 0.4) is 0 Å². The number of nitrogens with zero attached hydrogens (tertiary/aromatic N) is 3. The van der Waals surface area contributed by atoms with Gasteiger partial charge >= 0.3 is 0 Å². The summed E-state index contributed by atoms with van der Waals surface area (Å²) in [5.41, 5.74) is 1.40. The van der Waals surface area contributed by atoms with Crippen molar-refractivity contribution < 1.29 is 18.5 Å². The molecule has 0 saturated carbocycles.